The minimum Gasteiger partial charge on any atom is -0.460 e. The lowest BCUT2D eigenvalue weighted by atomic mass is 10.2. The van der Waals surface area contributed by atoms with E-state index in [-0.39, 0.29) is 5.91 Å². The Labute approximate surface area is 109 Å². The Hall–Kier alpha value is -2.07. The van der Waals surface area contributed by atoms with Crippen molar-refractivity contribution in [2.45, 2.75) is 6.92 Å². The number of hydrogen-bond donors (Lipinski definition) is 1. The summed E-state index contributed by atoms with van der Waals surface area (Å²) < 4.78 is 5.27. The molecule has 1 aromatic carbocycles. The van der Waals surface area contributed by atoms with E-state index in [1.54, 1.807) is 30.3 Å². The van der Waals surface area contributed by atoms with Crippen LogP contribution in [0.2, 0.25) is 5.02 Å². The molecule has 0 unspecified atom stereocenters. The molecule has 18 heavy (non-hydrogen) atoms. The van der Waals surface area contributed by atoms with Crippen molar-refractivity contribution in [2.24, 2.45) is 5.10 Å². The lowest BCUT2D eigenvalue weighted by Gasteiger charge is -2.00. The van der Waals surface area contributed by atoms with Gasteiger partial charge in [-0.3, -0.25) is 4.79 Å². The van der Waals surface area contributed by atoms with E-state index in [2.05, 4.69) is 10.5 Å². The maximum Gasteiger partial charge on any atom is 0.272 e. The molecular formula is C13H11ClN2O2. The lowest BCUT2D eigenvalue weighted by molar-refractivity contribution is 0.0955. The van der Waals surface area contributed by atoms with Gasteiger partial charge in [-0.2, -0.15) is 5.10 Å². The van der Waals surface area contributed by atoms with Gasteiger partial charge in [0.1, 0.15) is 11.5 Å². The highest BCUT2D eigenvalue weighted by molar-refractivity contribution is 6.33. The van der Waals surface area contributed by atoms with Crippen molar-refractivity contribution in [3.05, 3.63) is 58.5 Å². The second-order valence-electron chi connectivity index (χ2n) is 3.63. The zero-order valence-electron chi connectivity index (χ0n) is 9.68. The molecule has 2 aromatic rings. The third-order valence-electron chi connectivity index (χ3n) is 2.24. The number of aryl methyl sites for hydroxylation is 1. The molecule has 0 fully saturated rings. The van der Waals surface area contributed by atoms with Crippen LogP contribution in [0.1, 0.15) is 21.9 Å². The van der Waals surface area contributed by atoms with Gasteiger partial charge >= 0.3 is 0 Å². The second-order valence-corrected chi connectivity index (χ2v) is 4.03. The molecule has 1 heterocycles. The molecule has 0 saturated heterocycles. The van der Waals surface area contributed by atoms with Crippen molar-refractivity contribution in [3.63, 3.8) is 0 Å². The number of carbonyl (C=O) groups excluding carboxylic acids is 1. The first-order chi connectivity index (χ1) is 8.66. The second kappa shape index (κ2) is 5.51. The summed E-state index contributed by atoms with van der Waals surface area (Å²) in [4.78, 5) is 11.7. The van der Waals surface area contributed by atoms with Gasteiger partial charge in [-0.1, -0.05) is 23.7 Å². The molecule has 1 aromatic heterocycles. The molecule has 5 heteroatoms. The molecule has 0 aliphatic carbocycles. The molecule has 4 nitrogen and oxygen atoms in total. The van der Waals surface area contributed by atoms with E-state index in [9.17, 15) is 4.79 Å². The highest BCUT2D eigenvalue weighted by Gasteiger charge is 2.07. The fourth-order valence-electron chi connectivity index (χ4n) is 1.38. The van der Waals surface area contributed by atoms with Crippen molar-refractivity contribution in [1.82, 2.24) is 5.43 Å². The number of amides is 1. The van der Waals surface area contributed by atoms with Gasteiger partial charge in [0.25, 0.3) is 5.91 Å². The van der Waals surface area contributed by atoms with Gasteiger partial charge in [-0.15, -0.1) is 0 Å². The maximum atomic E-state index is 11.7. The molecule has 0 bridgehead atoms. The summed E-state index contributed by atoms with van der Waals surface area (Å²) >= 11 is 5.89. The molecule has 0 spiro atoms. The fraction of sp³-hybridized carbons (Fsp3) is 0.0769. The van der Waals surface area contributed by atoms with E-state index < -0.39 is 0 Å². The van der Waals surface area contributed by atoms with Crippen molar-refractivity contribution in [2.75, 3.05) is 0 Å². The van der Waals surface area contributed by atoms with Crippen molar-refractivity contribution in [3.8, 4) is 0 Å². The van der Waals surface area contributed by atoms with Crippen molar-refractivity contribution >= 4 is 23.7 Å². The van der Waals surface area contributed by atoms with Crippen LogP contribution in [-0.4, -0.2) is 12.1 Å². The van der Waals surface area contributed by atoms with E-state index in [4.69, 9.17) is 16.0 Å². The Morgan fingerprint density at radius 2 is 2.11 bits per heavy atom. The number of hydrazone groups is 1. The topological polar surface area (TPSA) is 54.6 Å². The fourth-order valence-corrected chi connectivity index (χ4v) is 1.60. The summed E-state index contributed by atoms with van der Waals surface area (Å²) in [6, 6.07) is 10.4. The van der Waals surface area contributed by atoms with Crippen LogP contribution in [0, 0.1) is 6.92 Å². The lowest BCUT2D eigenvalue weighted by Crippen LogP contribution is -2.17. The summed E-state index contributed by atoms with van der Waals surface area (Å²) in [6.07, 6.45) is 1.43. The first kappa shape index (κ1) is 12.4. The normalized spacial score (nSPS) is 10.8. The van der Waals surface area contributed by atoms with Crippen molar-refractivity contribution < 1.29 is 9.21 Å². The van der Waals surface area contributed by atoms with Crippen molar-refractivity contribution in [1.29, 1.82) is 0 Å². The van der Waals surface area contributed by atoms with Crippen LogP contribution >= 0.6 is 11.6 Å². The van der Waals surface area contributed by atoms with Gasteiger partial charge in [0.05, 0.1) is 16.8 Å². The number of halogens is 1. The molecule has 0 radical (unpaired) electrons. The van der Waals surface area contributed by atoms with E-state index in [1.807, 2.05) is 13.0 Å². The molecule has 92 valence electrons. The Morgan fingerprint density at radius 3 is 2.78 bits per heavy atom. The van der Waals surface area contributed by atoms with E-state index in [1.165, 1.54) is 6.21 Å². The van der Waals surface area contributed by atoms with Gasteiger partial charge < -0.3 is 4.42 Å². The molecule has 0 saturated carbocycles. The summed E-state index contributed by atoms with van der Waals surface area (Å²) in [5, 5.41) is 4.18. The number of benzene rings is 1. The van der Waals surface area contributed by atoms with E-state index in [0.717, 1.165) is 5.76 Å². The first-order valence-electron chi connectivity index (χ1n) is 5.31. The number of hydrogen-bond acceptors (Lipinski definition) is 3. The summed E-state index contributed by atoms with van der Waals surface area (Å²) in [5.41, 5.74) is 2.77. The molecule has 0 aliphatic heterocycles. The van der Waals surface area contributed by atoms with Gasteiger partial charge in [-0.25, -0.2) is 5.43 Å². The van der Waals surface area contributed by atoms with Crippen LogP contribution < -0.4 is 5.43 Å². The molecular weight excluding hydrogens is 252 g/mol. The van der Waals surface area contributed by atoms with Crippen LogP contribution in [0.4, 0.5) is 0 Å². The van der Waals surface area contributed by atoms with Crippen LogP contribution in [0.3, 0.4) is 0 Å². The predicted molar refractivity (Wildman–Crippen MR) is 70.0 cm³/mol. The smallest absolute Gasteiger partial charge is 0.272 e. The molecule has 1 amide bonds. The Bertz CT molecular complexity index is 590. The van der Waals surface area contributed by atoms with Crippen LogP contribution in [0.15, 0.2) is 45.9 Å². The quantitative estimate of drug-likeness (QED) is 0.683. The van der Waals surface area contributed by atoms with Crippen LogP contribution in [0.25, 0.3) is 0 Å². The number of rotatable bonds is 3. The summed E-state index contributed by atoms with van der Waals surface area (Å²) in [7, 11) is 0. The highest BCUT2D eigenvalue weighted by atomic mass is 35.5. The minimum absolute atomic E-state index is 0.361. The van der Waals surface area contributed by atoms with Gasteiger partial charge in [-0.05, 0) is 31.2 Å². The maximum absolute atomic E-state index is 11.7. The molecule has 0 atom stereocenters. The average molecular weight is 263 g/mol. The standard InChI is InChI=1S/C13H11ClN2O2/c1-9-6-7-10(18-9)8-15-16-13(17)11-4-2-3-5-12(11)14/h2-8H,1H3,(H,16,17)/b15-8+. The number of nitrogens with zero attached hydrogens (tertiary/aromatic N) is 1. The van der Waals surface area contributed by atoms with E-state index in [0.29, 0.717) is 16.3 Å². The summed E-state index contributed by atoms with van der Waals surface area (Å²) in [6.45, 7) is 1.83. The summed E-state index contributed by atoms with van der Waals surface area (Å²) in [5.74, 6) is 1.00. The number of carbonyl (C=O) groups is 1. The average Bonchev–Trinajstić information content (AvgIpc) is 2.75. The zero-order valence-corrected chi connectivity index (χ0v) is 10.4. The number of furan rings is 1. The van der Waals surface area contributed by atoms with E-state index >= 15 is 0 Å². The zero-order chi connectivity index (χ0) is 13.0. The SMILES string of the molecule is Cc1ccc(/C=N/NC(=O)c2ccccc2Cl)o1. The van der Waals surface area contributed by atoms with Crippen LogP contribution in [-0.2, 0) is 0 Å². The third kappa shape index (κ3) is 2.99. The van der Waals surface area contributed by atoms with Gasteiger partial charge in [0.15, 0.2) is 0 Å². The molecule has 1 N–H and O–H groups in total. The first-order valence-corrected chi connectivity index (χ1v) is 5.69. The largest absolute Gasteiger partial charge is 0.460 e. The molecule has 0 aliphatic rings. The Balaban J connectivity index is 2.01. The van der Waals surface area contributed by atoms with Crippen LogP contribution in [0.5, 0.6) is 0 Å². The third-order valence-corrected chi connectivity index (χ3v) is 2.57. The Morgan fingerprint density at radius 1 is 1.33 bits per heavy atom. The monoisotopic (exact) mass is 262 g/mol. The molecule has 2 rings (SSSR count). The minimum atomic E-state index is -0.361. The number of nitrogens with one attached hydrogen (secondary N) is 1. The highest BCUT2D eigenvalue weighted by Crippen LogP contribution is 2.14. The Kier molecular flexibility index (Phi) is 3.79. The van der Waals surface area contributed by atoms with Gasteiger partial charge in [0, 0.05) is 0 Å². The predicted octanol–water partition coefficient (Wildman–Crippen LogP) is 3.01. The van der Waals surface area contributed by atoms with Gasteiger partial charge in [0.2, 0.25) is 0 Å².